The van der Waals surface area contributed by atoms with Crippen molar-refractivity contribution in [3.63, 3.8) is 0 Å². The Hall–Kier alpha value is -2.30. The molecule has 0 saturated heterocycles. The van der Waals surface area contributed by atoms with Crippen molar-refractivity contribution in [3.05, 3.63) is 64.5 Å². The first-order valence-corrected chi connectivity index (χ1v) is 10.6. The van der Waals surface area contributed by atoms with Crippen molar-refractivity contribution < 1.29 is 17.2 Å². The van der Waals surface area contributed by atoms with Gasteiger partial charge in [-0.1, -0.05) is 23.9 Å². The van der Waals surface area contributed by atoms with Crippen LogP contribution in [-0.2, 0) is 10.0 Å². The maximum atomic E-state index is 14.3. The Morgan fingerprint density at radius 2 is 1.89 bits per heavy atom. The second-order valence-electron chi connectivity index (χ2n) is 5.72. The molecule has 0 amide bonds. The smallest absolute Gasteiger partial charge is 0.266 e. The Bertz CT molecular complexity index is 1160. The highest BCUT2D eigenvalue weighted by atomic mass is 32.2. The molecule has 1 heterocycles. The third-order valence-electron chi connectivity index (χ3n) is 3.70. The number of aromatic nitrogens is 2. The third kappa shape index (κ3) is 4.52. The third-order valence-corrected chi connectivity index (χ3v) is 5.58. The monoisotopic (exact) mass is 411 g/mol. The van der Waals surface area contributed by atoms with Gasteiger partial charge in [-0.2, -0.15) is 0 Å². The Kier molecular flexibility index (Phi) is 5.59. The predicted molar refractivity (Wildman–Crippen MR) is 101 cm³/mol. The van der Waals surface area contributed by atoms with E-state index in [9.17, 15) is 22.0 Å². The first-order valence-electron chi connectivity index (χ1n) is 7.87. The fraction of sp³-hybridized carbons (Fsp3) is 0.176. The summed E-state index contributed by atoms with van der Waals surface area (Å²) in [5, 5.41) is 5.44. The first kappa shape index (κ1) is 19.5. The number of nitrogens with two attached hydrogens (primary N) is 1. The Balaban J connectivity index is 2.08. The van der Waals surface area contributed by atoms with Crippen LogP contribution in [0, 0.1) is 11.6 Å². The Morgan fingerprint density at radius 3 is 2.59 bits per heavy atom. The Labute approximate surface area is 158 Å². The van der Waals surface area contributed by atoms with E-state index in [-0.39, 0.29) is 28.4 Å². The van der Waals surface area contributed by atoms with E-state index in [4.69, 9.17) is 5.14 Å². The van der Waals surface area contributed by atoms with Crippen molar-refractivity contribution in [2.45, 2.75) is 11.6 Å². The molecule has 0 aliphatic rings. The summed E-state index contributed by atoms with van der Waals surface area (Å²) in [5.41, 5.74) is -0.205. The van der Waals surface area contributed by atoms with Gasteiger partial charge in [0.25, 0.3) is 5.56 Å². The molecule has 10 heteroatoms. The van der Waals surface area contributed by atoms with Crippen LogP contribution in [0.5, 0.6) is 0 Å². The van der Waals surface area contributed by atoms with Crippen LogP contribution >= 0.6 is 11.8 Å². The lowest BCUT2D eigenvalue weighted by molar-refractivity contribution is 0.572. The van der Waals surface area contributed by atoms with Gasteiger partial charge in [-0.25, -0.2) is 27.3 Å². The molecule has 3 rings (SSSR count). The van der Waals surface area contributed by atoms with Gasteiger partial charge in [0.15, 0.2) is 5.16 Å². The van der Waals surface area contributed by atoms with Crippen LogP contribution in [0.3, 0.4) is 0 Å². The summed E-state index contributed by atoms with van der Waals surface area (Å²) < 4.78 is 50.7. The van der Waals surface area contributed by atoms with E-state index in [1.807, 2.05) is 0 Å². The van der Waals surface area contributed by atoms with Gasteiger partial charge in [0, 0.05) is 11.8 Å². The zero-order chi connectivity index (χ0) is 19.6. The fourth-order valence-electron chi connectivity index (χ4n) is 2.51. The summed E-state index contributed by atoms with van der Waals surface area (Å²) in [6.45, 7) is 0. The average molecular weight is 411 g/mol. The van der Waals surface area contributed by atoms with Crippen molar-refractivity contribution >= 4 is 32.7 Å². The number of benzene rings is 2. The van der Waals surface area contributed by atoms with E-state index in [2.05, 4.69) is 4.98 Å². The van der Waals surface area contributed by atoms with Crippen LogP contribution in [0.15, 0.2) is 52.4 Å². The number of hydrogen-bond acceptors (Lipinski definition) is 5. The minimum absolute atomic E-state index is 0.131. The predicted octanol–water partition coefficient (Wildman–Crippen LogP) is 2.43. The minimum atomic E-state index is -3.60. The van der Waals surface area contributed by atoms with E-state index in [0.717, 1.165) is 28.5 Å². The molecule has 142 valence electrons. The number of hydrogen-bond donors (Lipinski definition) is 1. The molecule has 0 saturated carbocycles. The van der Waals surface area contributed by atoms with Gasteiger partial charge < -0.3 is 0 Å². The van der Waals surface area contributed by atoms with Crippen molar-refractivity contribution in [1.82, 2.24) is 9.55 Å². The van der Waals surface area contributed by atoms with Gasteiger partial charge in [-0.05, 0) is 30.7 Å². The average Bonchev–Trinajstić information content (AvgIpc) is 2.59. The molecule has 1 aromatic heterocycles. The van der Waals surface area contributed by atoms with Crippen molar-refractivity contribution in [3.8, 4) is 5.69 Å². The van der Waals surface area contributed by atoms with Gasteiger partial charge >= 0.3 is 0 Å². The van der Waals surface area contributed by atoms with Crippen molar-refractivity contribution in [2.75, 3.05) is 11.5 Å². The number of para-hydroxylation sites is 1. The number of primary sulfonamides is 1. The topological polar surface area (TPSA) is 95.1 Å². The molecule has 0 radical (unpaired) electrons. The lowest BCUT2D eigenvalue weighted by atomic mass is 10.2. The first-order chi connectivity index (χ1) is 12.8. The second-order valence-corrected chi connectivity index (χ2v) is 8.51. The standard InChI is InChI=1S/C17H15F2N3O3S2/c18-11-6-7-15(13(19)10-11)22-16(23)12-4-1-2-5-14(12)21-17(22)26-8-3-9-27(20,24)25/h1-2,4-7,10H,3,8-9H2,(H2,20,24,25). The highest BCUT2D eigenvalue weighted by Crippen LogP contribution is 2.23. The Morgan fingerprint density at radius 1 is 1.15 bits per heavy atom. The zero-order valence-electron chi connectivity index (χ0n) is 13.9. The number of thioether (sulfide) groups is 1. The van der Waals surface area contributed by atoms with Crippen LogP contribution in [0.4, 0.5) is 8.78 Å². The summed E-state index contributed by atoms with van der Waals surface area (Å²) in [4.78, 5) is 17.3. The van der Waals surface area contributed by atoms with Gasteiger partial charge in [0.2, 0.25) is 10.0 Å². The summed E-state index contributed by atoms with van der Waals surface area (Å²) >= 11 is 1.10. The fourth-order valence-corrected chi connectivity index (χ4v) is 4.18. The van der Waals surface area contributed by atoms with Crippen LogP contribution < -0.4 is 10.7 Å². The van der Waals surface area contributed by atoms with E-state index in [0.29, 0.717) is 17.3 Å². The summed E-state index contributed by atoms with van der Waals surface area (Å²) in [7, 11) is -3.60. The van der Waals surface area contributed by atoms with Gasteiger partial charge in [-0.15, -0.1) is 0 Å². The lowest BCUT2D eigenvalue weighted by Crippen LogP contribution is -2.23. The molecule has 27 heavy (non-hydrogen) atoms. The molecule has 0 spiro atoms. The molecule has 0 fully saturated rings. The van der Waals surface area contributed by atoms with E-state index in [1.54, 1.807) is 24.3 Å². The SMILES string of the molecule is NS(=O)(=O)CCCSc1nc2ccccc2c(=O)n1-c1ccc(F)cc1F. The zero-order valence-corrected chi connectivity index (χ0v) is 15.6. The molecular formula is C17H15F2N3O3S2. The molecule has 0 bridgehead atoms. The highest BCUT2D eigenvalue weighted by molar-refractivity contribution is 7.99. The molecule has 0 aliphatic carbocycles. The number of halogens is 2. The minimum Gasteiger partial charge on any atom is -0.268 e. The molecule has 2 N–H and O–H groups in total. The maximum absolute atomic E-state index is 14.3. The highest BCUT2D eigenvalue weighted by Gasteiger charge is 2.16. The summed E-state index contributed by atoms with van der Waals surface area (Å²) in [6.07, 6.45) is 0.234. The van der Waals surface area contributed by atoms with E-state index >= 15 is 0 Å². The van der Waals surface area contributed by atoms with Crippen LogP contribution in [0.2, 0.25) is 0 Å². The van der Waals surface area contributed by atoms with Crippen LogP contribution in [-0.4, -0.2) is 29.5 Å². The molecule has 2 aromatic carbocycles. The van der Waals surface area contributed by atoms with Gasteiger partial charge in [0.1, 0.15) is 11.6 Å². The number of nitrogens with zero attached hydrogens (tertiary/aromatic N) is 2. The second kappa shape index (κ2) is 7.75. The molecular weight excluding hydrogens is 396 g/mol. The van der Waals surface area contributed by atoms with Gasteiger partial charge in [-0.3, -0.25) is 9.36 Å². The van der Waals surface area contributed by atoms with Crippen molar-refractivity contribution in [2.24, 2.45) is 5.14 Å². The quantitative estimate of drug-likeness (QED) is 0.382. The van der Waals surface area contributed by atoms with Crippen LogP contribution in [0.1, 0.15) is 6.42 Å². The molecule has 0 aliphatic heterocycles. The van der Waals surface area contributed by atoms with Gasteiger partial charge in [0.05, 0.1) is 22.3 Å². The molecule has 0 unspecified atom stereocenters. The molecule has 6 nitrogen and oxygen atoms in total. The summed E-state index contributed by atoms with van der Waals surface area (Å²) in [5.74, 6) is -1.59. The summed E-state index contributed by atoms with van der Waals surface area (Å²) in [6, 6.07) is 9.50. The van der Waals surface area contributed by atoms with E-state index < -0.39 is 27.2 Å². The largest absolute Gasteiger partial charge is 0.268 e. The van der Waals surface area contributed by atoms with Crippen LogP contribution in [0.25, 0.3) is 16.6 Å². The normalized spacial score (nSPS) is 11.8. The lowest BCUT2D eigenvalue weighted by Gasteiger charge is -2.14. The number of fused-ring (bicyclic) bond motifs is 1. The number of rotatable bonds is 6. The van der Waals surface area contributed by atoms with Crippen molar-refractivity contribution in [1.29, 1.82) is 0 Å². The molecule has 3 aromatic rings. The number of sulfonamides is 1. The molecule has 0 atom stereocenters. The maximum Gasteiger partial charge on any atom is 0.266 e. The van der Waals surface area contributed by atoms with E-state index in [1.165, 1.54) is 0 Å².